The molecule has 1 saturated heterocycles. The SMILES string of the molecule is CSCC[C@H](NC(=O)[C@H](Cc1c[nH]c2ccccc12)NC(=O)CNC(=O)[C@H](Cc1ccc(O)cc1)NC(=O)[C@H](C)NC(=O)[C@@H](CCC(N)=O)NC(=O)[C@@H](CCC(N)=O)NC(=O)[C@@H](CCC(N)=O)NC(=O)[C@@H](CCC(N)=O)NC(=O)CN1CCN(CC(=O)O)CCN(CC(=O)O)CCN(CC(=O)O)CC1)C(=O)N[C@@H](CC(=O)O)C(=O)N[C@@H](Cc1ccccc1)C(N)=O. The summed E-state index contributed by atoms with van der Waals surface area (Å²) in [6.07, 6.45) is -3.37. The van der Waals surface area contributed by atoms with Crippen LogP contribution in [0.4, 0.5) is 0 Å². The summed E-state index contributed by atoms with van der Waals surface area (Å²) in [6.45, 7) is -1.60. The van der Waals surface area contributed by atoms with E-state index in [0.717, 1.165) is 6.92 Å². The van der Waals surface area contributed by atoms with Crippen molar-refractivity contribution in [2.75, 3.05) is 97.1 Å². The van der Waals surface area contributed by atoms with Gasteiger partial charge >= 0.3 is 23.9 Å². The van der Waals surface area contributed by atoms with Gasteiger partial charge in [0.1, 0.15) is 66.2 Å². The molecule has 688 valence electrons. The van der Waals surface area contributed by atoms with Gasteiger partial charge in [-0.15, -0.1) is 0 Å². The molecular formula is C79H111N21O25S. The molecule has 1 aromatic heterocycles. The van der Waals surface area contributed by atoms with Gasteiger partial charge in [-0.25, -0.2) is 0 Å². The molecule has 4 aromatic rings. The van der Waals surface area contributed by atoms with Crippen LogP contribution in [0.2, 0.25) is 0 Å². The Balaban J connectivity index is 1.34. The number of aromatic hydroxyl groups is 1. The minimum absolute atomic E-state index is 0.0119. The van der Waals surface area contributed by atoms with Gasteiger partial charge in [0.05, 0.1) is 39.1 Å². The maximum atomic E-state index is 14.6. The number of carbonyl (C=O) groups excluding carboxylic acids is 16. The molecule has 16 amide bonds. The molecule has 5 rings (SSSR count). The van der Waals surface area contributed by atoms with E-state index in [4.69, 9.17) is 28.7 Å². The molecule has 0 spiro atoms. The van der Waals surface area contributed by atoms with Gasteiger partial charge in [0.25, 0.3) is 0 Å². The summed E-state index contributed by atoms with van der Waals surface area (Å²) in [5.41, 5.74) is 29.5. The molecule has 126 heavy (non-hydrogen) atoms. The van der Waals surface area contributed by atoms with E-state index >= 15 is 0 Å². The van der Waals surface area contributed by atoms with Gasteiger partial charge in [-0.2, -0.15) is 11.8 Å². The maximum Gasteiger partial charge on any atom is 0.317 e. The average molecular weight is 1790 g/mol. The third kappa shape index (κ3) is 38.6. The van der Waals surface area contributed by atoms with Gasteiger partial charge < -0.3 is 118 Å². The number of hydrogen-bond donors (Lipinski definition) is 22. The Bertz CT molecular complexity index is 4470. The lowest BCUT2D eigenvalue weighted by Crippen LogP contribution is -2.60. The third-order valence-corrected chi connectivity index (χ3v) is 20.4. The van der Waals surface area contributed by atoms with Crippen LogP contribution in [0.1, 0.15) is 87.8 Å². The number of thioether (sulfide) groups is 1. The fraction of sp³-hybridized carbons (Fsp3) is 0.494. The van der Waals surface area contributed by atoms with Crippen molar-refractivity contribution >= 4 is 141 Å². The van der Waals surface area contributed by atoms with E-state index in [1.807, 2.05) is 0 Å². The van der Waals surface area contributed by atoms with Crippen LogP contribution in [0, 0.1) is 0 Å². The van der Waals surface area contributed by atoms with E-state index < -0.39 is 269 Å². The number of primary amides is 5. The van der Waals surface area contributed by atoms with Crippen molar-refractivity contribution in [3.63, 3.8) is 0 Å². The highest BCUT2D eigenvalue weighted by molar-refractivity contribution is 7.98. The molecule has 47 heteroatoms. The third-order valence-electron chi connectivity index (χ3n) is 19.8. The standard InChI is InChI=1S/C79H111N21O25S/c1-44(71(117)95-57(35-46-12-14-48(101)15-13-46)72(118)86-39-64(106)89-58(36-47-38-85-50-11-7-6-10-49(47)50)78(124)93-55(24-33-126-2)77(123)96-59(37-66(108)109)79(125)94-56(70(84)116)34-45-8-4-3-5-9-45)87-73(119)52(17-21-61(81)103)90-75(121)54(19-23-63(83)105)92-76(122)53(18-22-62(82)104)91-74(120)51(16-20-60(80)102)88-65(107)40-97-25-27-98(41-67(110)111)29-31-100(43-69(114)115)32-30-99(28-26-97)42-68(112)113/h3-15,38,44,51-59,85,101H,16-37,39-43H2,1-2H3,(H2,80,102)(H2,81,103)(H2,82,104)(H2,83,105)(H2,84,116)(H,86,118)(H,87,119)(H,88,107)(H,89,106)(H,90,121)(H,91,120)(H,92,122)(H,93,124)(H,94,125)(H,95,117)(H,96,123)(H,108,109)(H,110,111)(H,112,113)(H,114,115)/t44-,51+,52+,53+,54+,55-,56-,57-,58-,59-/m0/s1. The molecule has 1 fully saturated rings. The number of nitrogens with one attached hydrogen (secondary N) is 12. The average Bonchev–Trinajstić information content (AvgIpc) is 1.59. The number of nitrogens with two attached hydrogens (primary N) is 5. The highest BCUT2D eigenvalue weighted by atomic mass is 32.2. The molecule has 27 N–H and O–H groups in total. The smallest absolute Gasteiger partial charge is 0.317 e. The normalized spacial score (nSPS) is 15.3. The second kappa shape index (κ2) is 52.9. The van der Waals surface area contributed by atoms with Crippen molar-refractivity contribution in [2.45, 2.75) is 151 Å². The number of carboxylic acid groups (broad SMARTS) is 4. The van der Waals surface area contributed by atoms with Crippen molar-refractivity contribution in [1.82, 2.24) is 83.1 Å². The van der Waals surface area contributed by atoms with Crippen LogP contribution < -0.4 is 87.2 Å². The summed E-state index contributed by atoms with van der Waals surface area (Å²) >= 11 is 1.26. The van der Waals surface area contributed by atoms with Gasteiger partial charge in [0.2, 0.25) is 94.5 Å². The van der Waals surface area contributed by atoms with E-state index in [0.29, 0.717) is 27.6 Å². The topological polar surface area (TPSA) is 734 Å². The number of phenols is 1. The number of phenolic OH excluding ortho intramolecular Hbond substituents is 1. The number of nitrogens with zero attached hydrogens (tertiary/aromatic N) is 4. The molecule has 46 nitrogen and oxygen atoms in total. The molecule has 0 bridgehead atoms. The van der Waals surface area contributed by atoms with Crippen molar-refractivity contribution in [2.24, 2.45) is 28.7 Å². The zero-order valence-electron chi connectivity index (χ0n) is 69.4. The number of aromatic nitrogens is 1. The van der Waals surface area contributed by atoms with Crippen molar-refractivity contribution in [3.8, 4) is 5.75 Å². The molecular weight excluding hydrogens is 1680 g/mol. The molecule has 10 atom stereocenters. The fourth-order valence-electron chi connectivity index (χ4n) is 13.1. The molecule has 2 heterocycles. The summed E-state index contributed by atoms with van der Waals surface area (Å²) in [7, 11) is 0. The Morgan fingerprint density at radius 2 is 0.738 bits per heavy atom. The number of amides is 16. The highest BCUT2D eigenvalue weighted by Gasteiger charge is 2.37. The number of aliphatic carboxylic acids is 4. The van der Waals surface area contributed by atoms with Crippen LogP contribution in [0.5, 0.6) is 5.75 Å². The molecule has 1 aliphatic rings. The minimum Gasteiger partial charge on any atom is -0.508 e. The van der Waals surface area contributed by atoms with E-state index in [1.54, 1.807) is 67.0 Å². The molecule has 0 unspecified atom stereocenters. The first kappa shape index (κ1) is 103. The van der Waals surface area contributed by atoms with Crippen molar-refractivity contribution in [3.05, 3.63) is 102 Å². The van der Waals surface area contributed by atoms with Crippen LogP contribution in [0.15, 0.2) is 85.1 Å². The maximum absolute atomic E-state index is 14.6. The number of rotatable bonds is 53. The Labute approximate surface area is 726 Å². The van der Waals surface area contributed by atoms with Gasteiger partial charge in [0, 0.05) is 114 Å². The predicted octanol–water partition coefficient (Wildman–Crippen LogP) is -7.86. The minimum atomic E-state index is -1.88. The second-order valence-corrected chi connectivity index (χ2v) is 30.8. The molecule has 0 radical (unpaired) electrons. The van der Waals surface area contributed by atoms with Crippen LogP contribution in [0.25, 0.3) is 10.9 Å². The van der Waals surface area contributed by atoms with Gasteiger partial charge in [0.15, 0.2) is 0 Å². The number of para-hydroxylation sites is 1. The van der Waals surface area contributed by atoms with Crippen LogP contribution in [-0.4, -0.2) is 326 Å². The number of aromatic amines is 1. The molecule has 3 aromatic carbocycles. The first-order valence-corrected chi connectivity index (χ1v) is 41.4. The number of carboxylic acids is 4. The lowest BCUT2D eigenvalue weighted by atomic mass is 10.0. The van der Waals surface area contributed by atoms with E-state index in [2.05, 4.69) is 63.5 Å². The zero-order chi connectivity index (χ0) is 93.3. The first-order valence-electron chi connectivity index (χ1n) is 40.0. The lowest BCUT2D eigenvalue weighted by molar-refractivity contribution is -0.141. The van der Waals surface area contributed by atoms with Crippen LogP contribution >= 0.6 is 11.8 Å². The fourth-order valence-corrected chi connectivity index (χ4v) is 13.5. The molecule has 0 aliphatic carbocycles. The number of hydrogen-bond acceptors (Lipinski definition) is 26. The van der Waals surface area contributed by atoms with Crippen LogP contribution in [-0.2, 0) is 115 Å². The summed E-state index contributed by atoms with van der Waals surface area (Å²) < 4.78 is 0. The Morgan fingerprint density at radius 3 is 1.17 bits per heavy atom. The lowest BCUT2D eigenvalue weighted by Gasteiger charge is -2.33. The van der Waals surface area contributed by atoms with E-state index in [1.165, 1.54) is 55.6 Å². The molecule has 1 aliphatic heterocycles. The summed E-state index contributed by atoms with van der Waals surface area (Å²) in [5.74, 6) is -22.1. The quantitative estimate of drug-likeness (QED) is 0.0195. The summed E-state index contributed by atoms with van der Waals surface area (Å²) in [5, 5.41) is 76.2. The Morgan fingerprint density at radius 1 is 0.381 bits per heavy atom. The zero-order valence-corrected chi connectivity index (χ0v) is 70.2. The van der Waals surface area contributed by atoms with Gasteiger partial charge in [-0.05, 0) is 85.9 Å². The second-order valence-electron chi connectivity index (χ2n) is 29.8. The Hall–Kier alpha value is -13.4. The Kier molecular flexibility index (Phi) is 43.3. The van der Waals surface area contributed by atoms with Gasteiger partial charge in [-0.1, -0.05) is 60.7 Å². The highest BCUT2D eigenvalue weighted by Crippen LogP contribution is 2.21. The number of carbonyl (C=O) groups is 20. The van der Waals surface area contributed by atoms with Gasteiger partial charge in [-0.3, -0.25) is 115 Å². The predicted molar refractivity (Wildman–Crippen MR) is 449 cm³/mol. The largest absolute Gasteiger partial charge is 0.508 e. The van der Waals surface area contributed by atoms with Crippen molar-refractivity contribution in [1.29, 1.82) is 0 Å². The summed E-state index contributed by atoms with van der Waals surface area (Å²) in [4.78, 5) is 275. The monoisotopic (exact) mass is 1790 g/mol. The first-order chi connectivity index (χ1) is 59.6. The number of fused-ring (bicyclic) bond motifs is 1. The number of H-pyrrole nitrogens is 1. The molecule has 0 saturated carbocycles. The van der Waals surface area contributed by atoms with Crippen molar-refractivity contribution < 1.29 is 121 Å². The van der Waals surface area contributed by atoms with E-state index in [-0.39, 0.29) is 89.5 Å². The van der Waals surface area contributed by atoms with Crippen LogP contribution in [0.3, 0.4) is 0 Å². The summed E-state index contributed by atoms with van der Waals surface area (Å²) in [6, 6.07) is 3.83. The van der Waals surface area contributed by atoms with E-state index in [9.17, 15) is 121 Å². The number of benzene rings is 3.